The first-order valence-electron chi connectivity index (χ1n) is 8.70. The zero-order valence-corrected chi connectivity index (χ0v) is 15.0. The summed E-state index contributed by atoms with van der Waals surface area (Å²) in [6.45, 7) is 6.40. The Labute approximate surface area is 148 Å². The molecule has 0 aliphatic carbocycles. The van der Waals surface area contributed by atoms with Crippen LogP contribution in [0.3, 0.4) is 0 Å². The van der Waals surface area contributed by atoms with E-state index >= 15 is 0 Å². The molecule has 1 atom stereocenters. The van der Waals surface area contributed by atoms with Crippen LogP contribution < -0.4 is 5.32 Å². The van der Waals surface area contributed by atoms with E-state index in [4.69, 9.17) is 0 Å². The van der Waals surface area contributed by atoms with Crippen molar-refractivity contribution in [2.45, 2.75) is 45.8 Å². The minimum atomic E-state index is -0.568. The first-order chi connectivity index (χ1) is 12.0. The van der Waals surface area contributed by atoms with Crippen molar-refractivity contribution in [3.63, 3.8) is 0 Å². The lowest BCUT2D eigenvalue weighted by atomic mass is 9.90. The molecule has 4 nitrogen and oxygen atoms in total. The first-order valence-corrected chi connectivity index (χ1v) is 8.70. The molecular formula is C21H24N2O2. The first kappa shape index (κ1) is 17.2. The molecule has 0 unspecified atom stereocenters. The summed E-state index contributed by atoms with van der Waals surface area (Å²) in [7, 11) is 0. The minimum Gasteiger partial charge on any atom is -0.350 e. The van der Waals surface area contributed by atoms with Gasteiger partial charge in [0.1, 0.15) is 6.04 Å². The van der Waals surface area contributed by atoms with Gasteiger partial charge in [0, 0.05) is 12.6 Å². The summed E-state index contributed by atoms with van der Waals surface area (Å²) in [4.78, 5) is 27.3. The van der Waals surface area contributed by atoms with Gasteiger partial charge >= 0.3 is 0 Å². The lowest BCUT2D eigenvalue weighted by molar-refractivity contribution is -0.143. The Morgan fingerprint density at radius 1 is 1.16 bits per heavy atom. The van der Waals surface area contributed by atoms with Gasteiger partial charge in [-0.05, 0) is 43.0 Å². The number of benzene rings is 2. The zero-order valence-electron chi connectivity index (χ0n) is 15.0. The molecule has 0 radical (unpaired) electrons. The van der Waals surface area contributed by atoms with Crippen molar-refractivity contribution in [2.24, 2.45) is 0 Å². The second-order valence-electron chi connectivity index (χ2n) is 6.82. The Kier molecular flexibility index (Phi) is 4.88. The Morgan fingerprint density at radius 3 is 2.56 bits per heavy atom. The summed E-state index contributed by atoms with van der Waals surface area (Å²) in [6, 6.07) is 15.1. The van der Waals surface area contributed by atoms with Gasteiger partial charge < -0.3 is 10.2 Å². The number of amides is 2. The van der Waals surface area contributed by atoms with E-state index in [0.29, 0.717) is 13.0 Å². The summed E-state index contributed by atoms with van der Waals surface area (Å²) < 4.78 is 0. The fourth-order valence-corrected chi connectivity index (χ4v) is 3.45. The quantitative estimate of drug-likeness (QED) is 0.932. The molecule has 1 heterocycles. The SMILES string of the molecule is Cc1ccccc1CNC(=O)[C@@H]1c2ccccc2CC(=O)N1C(C)C. The van der Waals surface area contributed by atoms with Gasteiger partial charge in [-0.2, -0.15) is 0 Å². The van der Waals surface area contributed by atoms with Crippen LogP contribution in [0.5, 0.6) is 0 Å². The van der Waals surface area contributed by atoms with E-state index in [9.17, 15) is 9.59 Å². The molecular weight excluding hydrogens is 312 g/mol. The third-order valence-electron chi connectivity index (χ3n) is 4.78. The Bertz CT molecular complexity index is 798. The predicted molar refractivity (Wildman–Crippen MR) is 97.9 cm³/mol. The van der Waals surface area contributed by atoms with Gasteiger partial charge in [-0.15, -0.1) is 0 Å². The second kappa shape index (κ2) is 7.09. The van der Waals surface area contributed by atoms with Crippen molar-refractivity contribution in [3.05, 3.63) is 70.8 Å². The van der Waals surface area contributed by atoms with Crippen molar-refractivity contribution in [3.8, 4) is 0 Å². The molecule has 0 saturated carbocycles. The van der Waals surface area contributed by atoms with Crippen LogP contribution in [-0.4, -0.2) is 22.8 Å². The normalized spacial score (nSPS) is 16.7. The Balaban J connectivity index is 1.88. The molecule has 2 amide bonds. The van der Waals surface area contributed by atoms with Crippen molar-refractivity contribution >= 4 is 11.8 Å². The highest BCUT2D eigenvalue weighted by molar-refractivity contribution is 5.92. The summed E-state index contributed by atoms with van der Waals surface area (Å²) in [5, 5.41) is 3.02. The third-order valence-corrected chi connectivity index (χ3v) is 4.78. The zero-order chi connectivity index (χ0) is 18.0. The van der Waals surface area contributed by atoms with Crippen molar-refractivity contribution in [1.29, 1.82) is 0 Å². The number of nitrogens with zero attached hydrogens (tertiary/aromatic N) is 1. The number of aryl methyl sites for hydroxylation is 1. The van der Waals surface area contributed by atoms with Gasteiger partial charge in [0.25, 0.3) is 0 Å². The van der Waals surface area contributed by atoms with Crippen molar-refractivity contribution in [1.82, 2.24) is 10.2 Å². The fraction of sp³-hybridized carbons (Fsp3) is 0.333. The lowest BCUT2D eigenvalue weighted by Crippen LogP contribution is -2.50. The number of hydrogen-bond acceptors (Lipinski definition) is 2. The van der Waals surface area contributed by atoms with Gasteiger partial charge in [0.15, 0.2) is 0 Å². The van der Waals surface area contributed by atoms with Crippen LogP contribution in [0.2, 0.25) is 0 Å². The summed E-state index contributed by atoms with van der Waals surface area (Å²) >= 11 is 0. The van der Waals surface area contributed by atoms with Gasteiger partial charge in [-0.3, -0.25) is 9.59 Å². The maximum Gasteiger partial charge on any atom is 0.247 e. The highest BCUT2D eigenvalue weighted by Crippen LogP contribution is 2.32. The molecule has 2 aromatic rings. The Hall–Kier alpha value is -2.62. The molecule has 0 saturated heterocycles. The third kappa shape index (κ3) is 3.43. The van der Waals surface area contributed by atoms with E-state index < -0.39 is 6.04 Å². The monoisotopic (exact) mass is 336 g/mol. The van der Waals surface area contributed by atoms with Gasteiger partial charge in [-0.1, -0.05) is 48.5 Å². The van der Waals surface area contributed by atoms with E-state index in [2.05, 4.69) is 5.32 Å². The molecule has 2 aromatic carbocycles. The number of rotatable bonds is 4. The minimum absolute atomic E-state index is 0.00439. The molecule has 3 rings (SSSR count). The van der Waals surface area contributed by atoms with Crippen LogP contribution in [0.25, 0.3) is 0 Å². The number of nitrogens with one attached hydrogen (secondary N) is 1. The standard InChI is InChI=1S/C21H24N2O2/c1-14(2)23-19(24)12-16-9-6-7-11-18(16)20(23)21(25)22-13-17-10-5-4-8-15(17)3/h4-11,14,20H,12-13H2,1-3H3,(H,22,25)/t20-/m0/s1. The van der Waals surface area contributed by atoms with Crippen LogP contribution in [0.4, 0.5) is 0 Å². The average Bonchev–Trinajstić information content (AvgIpc) is 2.59. The maximum absolute atomic E-state index is 13.0. The smallest absolute Gasteiger partial charge is 0.247 e. The van der Waals surface area contributed by atoms with E-state index in [0.717, 1.165) is 22.3 Å². The van der Waals surface area contributed by atoms with Crippen LogP contribution >= 0.6 is 0 Å². The van der Waals surface area contributed by atoms with Gasteiger partial charge in [0.2, 0.25) is 11.8 Å². The molecule has 1 aliphatic heterocycles. The molecule has 0 spiro atoms. The van der Waals surface area contributed by atoms with Crippen LogP contribution in [0.1, 0.15) is 42.1 Å². The second-order valence-corrected chi connectivity index (χ2v) is 6.82. The number of carbonyl (C=O) groups excluding carboxylic acids is 2. The predicted octanol–water partition coefficient (Wildman–Crippen LogP) is 3.15. The lowest BCUT2D eigenvalue weighted by Gasteiger charge is -2.39. The fourth-order valence-electron chi connectivity index (χ4n) is 3.45. The highest BCUT2D eigenvalue weighted by Gasteiger charge is 2.38. The topological polar surface area (TPSA) is 49.4 Å². The number of hydrogen-bond donors (Lipinski definition) is 1. The number of carbonyl (C=O) groups is 2. The largest absolute Gasteiger partial charge is 0.350 e. The molecule has 0 aromatic heterocycles. The highest BCUT2D eigenvalue weighted by atomic mass is 16.2. The van der Waals surface area contributed by atoms with Crippen LogP contribution in [0.15, 0.2) is 48.5 Å². The summed E-state index contributed by atoms with van der Waals surface area (Å²) in [5.41, 5.74) is 4.10. The molecule has 0 fully saturated rings. The van der Waals surface area contributed by atoms with E-state index in [-0.39, 0.29) is 17.9 Å². The van der Waals surface area contributed by atoms with Crippen LogP contribution in [-0.2, 0) is 22.6 Å². The van der Waals surface area contributed by atoms with Gasteiger partial charge in [-0.25, -0.2) is 0 Å². The summed E-state index contributed by atoms with van der Waals surface area (Å²) in [5.74, 6) is -0.123. The maximum atomic E-state index is 13.0. The molecule has 4 heteroatoms. The van der Waals surface area contributed by atoms with Crippen molar-refractivity contribution < 1.29 is 9.59 Å². The van der Waals surface area contributed by atoms with Gasteiger partial charge in [0.05, 0.1) is 6.42 Å². The van der Waals surface area contributed by atoms with Crippen LogP contribution in [0, 0.1) is 6.92 Å². The average molecular weight is 336 g/mol. The number of fused-ring (bicyclic) bond motifs is 1. The van der Waals surface area contributed by atoms with E-state index in [1.54, 1.807) is 4.90 Å². The Morgan fingerprint density at radius 2 is 1.84 bits per heavy atom. The van der Waals surface area contributed by atoms with E-state index in [1.807, 2.05) is 69.3 Å². The molecule has 0 bridgehead atoms. The molecule has 1 aliphatic rings. The molecule has 130 valence electrons. The van der Waals surface area contributed by atoms with Crippen molar-refractivity contribution in [2.75, 3.05) is 0 Å². The molecule has 1 N–H and O–H groups in total. The molecule has 25 heavy (non-hydrogen) atoms. The summed E-state index contributed by atoms with van der Waals surface area (Å²) in [6.07, 6.45) is 0.357. The van der Waals surface area contributed by atoms with E-state index in [1.165, 1.54) is 0 Å².